The molecule has 2 N–H and O–H groups in total. The SMILES string of the molecule is C[N+](C)(C)C(N)=O.O=C[O-]. The van der Waals surface area contributed by atoms with Crippen molar-refractivity contribution in [2.75, 3.05) is 21.1 Å². The summed E-state index contributed by atoms with van der Waals surface area (Å²) in [6.07, 6.45) is 0. The number of hydrogen-bond acceptors (Lipinski definition) is 3. The average molecular weight is 148 g/mol. The molecule has 0 aromatic heterocycles. The van der Waals surface area contributed by atoms with Gasteiger partial charge in [0.05, 0.1) is 21.1 Å². The van der Waals surface area contributed by atoms with Crippen LogP contribution in [0, 0.1) is 0 Å². The van der Waals surface area contributed by atoms with Crippen LogP contribution in [0.2, 0.25) is 0 Å². The predicted octanol–water partition coefficient (Wildman–Crippen LogP) is -1.86. The fourth-order valence-electron chi connectivity index (χ4n) is 0. The third-order valence-electron chi connectivity index (χ3n) is 0.661. The molecule has 60 valence electrons. The minimum Gasteiger partial charge on any atom is -0.554 e. The van der Waals surface area contributed by atoms with E-state index >= 15 is 0 Å². The van der Waals surface area contributed by atoms with Gasteiger partial charge >= 0.3 is 6.03 Å². The van der Waals surface area contributed by atoms with Crippen molar-refractivity contribution < 1.29 is 19.2 Å². The lowest BCUT2D eigenvalue weighted by atomic mass is 10.7. The van der Waals surface area contributed by atoms with Gasteiger partial charge in [-0.05, 0) is 0 Å². The lowest BCUT2D eigenvalue weighted by molar-refractivity contribution is -0.785. The van der Waals surface area contributed by atoms with Crippen molar-refractivity contribution in [2.45, 2.75) is 0 Å². The second-order valence-corrected chi connectivity index (χ2v) is 2.45. The number of carbonyl (C=O) groups is 2. The molecule has 2 amide bonds. The Morgan fingerprint density at radius 3 is 1.60 bits per heavy atom. The fraction of sp³-hybridized carbons (Fsp3) is 0.600. The molecular weight excluding hydrogens is 136 g/mol. The number of nitrogens with two attached hydrogens (primary N) is 1. The zero-order valence-electron chi connectivity index (χ0n) is 6.33. The van der Waals surface area contributed by atoms with Crippen LogP contribution in [-0.4, -0.2) is 38.1 Å². The van der Waals surface area contributed by atoms with Crippen LogP contribution in [0.5, 0.6) is 0 Å². The van der Waals surface area contributed by atoms with Crippen LogP contribution < -0.4 is 10.8 Å². The predicted molar refractivity (Wildman–Crippen MR) is 33.7 cm³/mol. The second-order valence-electron chi connectivity index (χ2n) is 2.45. The zero-order valence-corrected chi connectivity index (χ0v) is 6.33. The Balaban J connectivity index is 0. The van der Waals surface area contributed by atoms with Crippen molar-refractivity contribution in [1.82, 2.24) is 0 Å². The fourth-order valence-corrected chi connectivity index (χ4v) is 0. The van der Waals surface area contributed by atoms with Crippen LogP contribution in [0.1, 0.15) is 0 Å². The molecule has 0 rings (SSSR count). The molecule has 0 saturated carbocycles. The standard InChI is InChI=1S/C4H10N2O.CH2O2/c1-6(2,3)4(5)7;2-1-3/h1-3H3,(H-,5,7);1H,(H,2,3). The number of rotatable bonds is 0. The van der Waals surface area contributed by atoms with Gasteiger partial charge in [0.1, 0.15) is 0 Å². The van der Waals surface area contributed by atoms with Crippen molar-refractivity contribution >= 4 is 12.5 Å². The number of nitrogens with zero attached hydrogens (tertiary/aromatic N) is 1. The van der Waals surface area contributed by atoms with Crippen LogP contribution in [0.3, 0.4) is 0 Å². The number of amides is 2. The van der Waals surface area contributed by atoms with E-state index in [4.69, 9.17) is 15.6 Å². The zero-order chi connectivity index (χ0) is 8.78. The highest BCUT2D eigenvalue weighted by Gasteiger charge is 2.13. The highest BCUT2D eigenvalue weighted by atomic mass is 16.3. The van der Waals surface area contributed by atoms with Gasteiger partial charge < -0.3 is 15.6 Å². The van der Waals surface area contributed by atoms with E-state index in [0.717, 1.165) is 0 Å². The van der Waals surface area contributed by atoms with Gasteiger partial charge in [0.15, 0.2) is 0 Å². The summed E-state index contributed by atoms with van der Waals surface area (Å²) in [5.74, 6) is 0. The Hall–Kier alpha value is -1.10. The van der Waals surface area contributed by atoms with E-state index in [1.54, 1.807) is 21.1 Å². The Kier molecular flexibility index (Phi) is 5.54. The lowest BCUT2D eigenvalue weighted by Crippen LogP contribution is -2.45. The van der Waals surface area contributed by atoms with Gasteiger partial charge in [0.25, 0.3) is 0 Å². The number of carboxylic acid groups (broad SMARTS) is 1. The monoisotopic (exact) mass is 148 g/mol. The van der Waals surface area contributed by atoms with E-state index in [0.29, 0.717) is 0 Å². The van der Waals surface area contributed by atoms with Crippen molar-refractivity contribution in [2.24, 2.45) is 5.73 Å². The molecule has 0 unspecified atom stereocenters. The van der Waals surface area contributed by atoms with E-state index in [1.807, 2.05) is 0 Å². The van der Waals surface area contributed by atoms with Crippen LogP contribution in [-0.2, 0) is 4.79 Å². The number of primary amides is 1. The van der Waals surface area contributed by atoms with Gasteiger partial charge in [-0.15, -0.1) is 0 Å². The maximum Gasteiger partial charge on any atom is 0.413 e. The second kappa shape index (κ2) is 4.75. The Labute approximate surface area is 59.6 Å². The maximum absolute atomic E-state index is 10.2. The smallest absolute Gasteiger partial charge is 0.413 e. The Morgan fingerprint density at radius 2 is 1.60 bits per heavy atom. The van der Waals surface area contributed by atoms with Gasteiger partial charge in [-0.3, -0.25) is 0 Å². The van der Waals surface area contributed by atoms with Crippen molar-refractivity contribution in [3.05, 3.63) is 0 Å². The molecule has 0 atom stereocenters. The Bertz CT molecular complexity index is 117. The summed E-state index contributed by atoms with van der Waals surface area (Å²) >= 11 is 0. The topological polar surface area (TPSA) is 83.2 Å². The third-order valence-corrected chi connectivity index (χ3v) is 0.661. The number of urea groups is 1. The summed E-state index contributed by atoms with van der Waals surface area (Å²) in [6.45, 7) is -0.500. The van der Waals surface area contributed by atoms with Gasteiger partial charge in [-0.25, -0.2) is 9.28 Å². The Morgan fingerprint density at radius 1 is 1.50 bits per heavy atom. The molecule has 0 aliphatic heterocycles. The van der Waals surface area contributed by atoms with E-state index in [9.17, 15) is 4.79 Å². The van der Waals surface area contributed by atoms with E-state index in [2.05, 4.69) is 0 Å². The molecule has 0 aliphatic carbocycles. The molecule has 0 aromatic rings. The van der Waals surface area contributed by atoms with Crippen molar-refractivity contribution in [3.8, 4) is 0 Å². The van der Waals surface area contributed by atoms with Crippen LogP contribution >= 0.6 is 0 Å². The summed E-state index contributed by atoms with van der Waals surface area (Å²) in [5, 5.41) is 8.25. The lowest BCUT2D eigenvalue weighted by Gasteiger charge is -2.16. The molecule has 0 aromatic carbocycles. The van der Waals surface area contributed by atoms with E-state index in [1.165, 1.54) is 0 Å². The molecule has 0 heterocycles. The van der Waals surface area contributed by atoms with Gasteiger partial charge in [0.2, 0.25) is 0 Å². The first kappa shape index (κ1) is 11.7. The first-order valence-electron chi connectivity index (χ1n) is 2.53. The number of hydrogen-bond donors (Lipinski definition) is 1. The summed E-state index contributed by atoms with van der Waals surface area (Å²) in [6, 6.07) is -0.319. The van der Waals surface area contributed by atoms with Gasteiger partial charge in [-0.2, -0.15) is 0 Å². The summed E-state index contributed by atoms with van der Waals surface area (Å²) in [7, 11) is 5.17. The largest absolute Gasteiger partial charge is 0.554 e. The van der Waals surface area contributed by atoms with Gasteiger partial charge in [-0.1, -0.05) is 0 Å². The number of quaternary nitrogens is 1. The van der Waals surface area contributed by atoms with Crippen molar-refractivity contribution in [1.29, 1.82) is 0 Å². The van der Waals surface area contributed by atoms with Crippen LogP contribution in [0.4, 0.5) is 4.79 Å². The summed E-state index contributed by atoms with van der Waals surface area (Å²) in [4.78, 5) is 18.5. The van der Waals surface area contributed by atoms with Crippen molar-refractivity contribution in [3.63, 3.8) is 0 Å². The van der Waals surface area contributed by atoms with E-state index in [-0.39, 0.29) is 10.5 Å². The van der Waals surface area contributed by atoms with E-state index < -0.39 is 6.47 Å². The molecule has 0 radical (unpaired) electrons. The maximum atomic E-state index is 10.2. The molecule has 10 heavy (non-hydrogen) atoms. The molecule has 0 fully saturated rings. The van der Waals surface area contributed by atoms with Crippen LogP contribution in [0.25, 0.3) is 0 Å². The quantitative estimate of drug-likeness (QED) is 0.323. The molecule has 0 spiro atoms. The average Bonchev–Trinajstić information content (AvgIpc) is 1.64. The molecule has 0 bridgehead atoms. The summed E-state index contributed by atoms with van der Waals surface area (Å²) in [5.41, 5.74) is 4.90. The number of carbonyl (C=O) groups excluding carboxylic acids is 2. The third kappa shape index (κ3) is 10.0. The first-order chi connectivity index (χ1) is 4.36. The minimum atomic E-state index is -0.500. The molecule has 5 nitrogen and oxygen atoms in total. The van der Waals surface area contributed by atoms with Crippen LogP contribution in [0.15, 0.2) is 0 Å². The molecular formula is C5H12N2O3. The highest BCUT2D eigenvalue weighted by Crippen LogP contribution is 1.84. The molecule has 0 saturated heterocycles. The minimum absolute atomic E-state index is 0.194. The van der Waals surface area contributed by atoms with Gasteiger partial charge in [0, 0.05) is 6.47 Å². The molecule has 5 heteroatoms. The summed E-state index contributed by atoms with van der Waals surface area (Å²) < 4.78 is 0.194. The first-order valence-corrected chi connectivity index (χ1v) is 2.53. The molecule has 0 aliphatic rings. The normalized spacial score (nSPS) is 9.10. The highest BCUT2D eigenvalue weighted by molar-refractivity contribution is 5.63.